The minimum atomic E-state index is 0.0591. The molecule has 0 aliphatic carbocycles. The third-order valence-electron chi connectivity index (χ3n) is 4.39. The minimum absolute atomic E-state index is 0.0591. The van der Waals surface area contributed by atoms with Crippen molar-refractivity contribution in [3.63, 3.8) is 0 Å². The third kappa shape index (κ3) is 3.49. The lowest BCUT2D eigenvalue weighted by Gasteiger charge is -2.41. The van der Waals surface area contributed by atoms with Gasteiger partial charge in [-0.25, -0.2) is 0 Å². The monoisotopic (exact) mass is 344 g/mol. The van der Waals surface area contributed by atoms with E-state index in [0.717, 1.165) is 18.0 Å². The highest BCUT2D eigenvalue weighted by molar-refractivity contribution is 6.30. The maximum atomic E-state index is 12.6. The molecular formula is C19H21ClN2O2. The van der Waals surface area contributed by atoms with E-state index in [-0.39, 0.29) is 11.9 Å². The maximum absolute atomic E-state index is 12.6. The number of amides is 1. The number of piperazine rings is 1. The quantitative estimate of drug-likeness (QED) is 0.851. The summed E-state index contributed by atoms with van der Waals surface area (Å²) in [6.45, 7) is 4.33. The van der Waals surface area contributed by atoms with Crippen molar-refractivity contribution >= 4 is 23.2 Å². The Morgan fingerprint density at radius 3 is 2.58 bits per heavy atom. The fraction of sp³-hybridized carbons (Fsp3) is 0.316. The molecule has 0 radical (unpaired) electrons. The van der Waals surface area contributed by atoms with E-state index in [1.54, 1.807) is 31.4 Å². The molecule has 1 aliphatic heterocycles. The van der Waals surface area contributed by atoms with Crippen molar-refractivity contribution in [1.82, 2.24) is 4.90 Å². The molecular weight excluding hydrogens is 324 g/mol. The van der Waals surface area contributed by atoms with E-state index in [2.05, 4.69) is 17.9 Å². The van der Waals surface area contributed by atoms with Crippen LogP contribution in [-0.2, 0) is 0 Å². The topological polar surface area (TPSA) is 32.8 Å². The van der Waals surface area contributed by atoms with Gasteiger partial charge in [-0.05, 0) is 43.3 Å². The van der Waals surface area contributed by atoms with Gasteiger partial charge in [-0.15, -0.1) is 0 Å². The summed E-state index contributed by atoms with van der Waals surface area (Å²) in [5.74, 6) is 0.906. The van der Waals surface area contributed by atoms with Crippen LogP contribution in [0.1, 0.15) is 17.3 Å². The average Bonchev–Trinajstić information content (AvgIpc) is 2.61. The molecule has 1 heterocycles. The largest absolute Gasteiger partial charge is 0.497 e. The van der Waals surface area contributed by atoms with Gasteiger partial charge in [0, 0.05) is 48.0 Å². The van der Waals surface area contributed by atoms with E-state index in [0.29, 0.717) is 23.7 Å². The van der Waals surface area contributed by atoms with Crippen molar-refractivity contribution in [2.24, 2.45) is 0 Å². The maximum Gasteiger partial charge on any atom is 0.253 e. The van der Waals surface area contributed by atoms with Gasteiger partial charge < -0.3 is 14.5 Å². The van der Waals surface area contributed by atoms with Crippen LogP contribution in [-0.4, -0.2) is 43.6 Å². The van der Waals surface area contributed by atoms with Gasteiger partial charge in [0.25, 0.3) is 5.91 Å². The van der Waals surface area contributed by atoms with Gasteiger partial charge >= 0.3 is 0 Å². The molecule has 2 aromatic rings. The van der Waals surface area contributed by atoms with Crippen molar-refractivity contribution in [3.05, 3.63) is 59.1 Å². The van der Waals surface area contributed by atoms with Crippen LogP contribution in [0.2, 0.25) is 5.02 Å². The number of nitrogens with zero attached hydrogens (tertiary/aromatic N) is 2. The van der Waals surface area contributed by atoms with Gasteiger partial charge in [0.05, 0.1) is 7.11 Å². The van der Waals surface area contributed by atoms with E-state index >= 15 is 0 Å². The van der Waals surface area contributed by atoms with Gasteiger partial charge in [0.1, 0.15) is 5.75 Å². The van der Waals surface area contributed by atoms with Crippen molar-refractivity contribution in [2.45, 2.75) is 13.0 Å². The highest BCUT2D eigenvalue weighted by Gasteiger charge is 2.27. The van der Waals surface area contributed by atoms with Gasteiger partial charge in [0.15, 0.2) is 0 Å². The standard InChI is InChI=1S/C19H21ClN2O2/c1-14-13-21(19(23)15-6-8-16(20)9-7-15)10-11-22(14)17-4-3-5-18(12-17)24-2/h3-9,12,14H,10-11,13H2,1-2H3/t14-/m0/s1. The number of methoxy groups -OCH3 is 1. The van der Waals surface area contributed by atoms with Crippen LogP contribution in [0.15, 0.2) is 48.5 Å². The summed E-state index contributed by atoms with van der Waals surface area (Å²) in [4.78, 5) is 16.9. The van der Waals surface area contributed by atoms with Crippen molar-refractivity contribution in [2.75, 3.05) is 31.6 Å². The molecule has 0 aromatic heterocycles. The van der Waals surface area contributed by atoms with E-state index in [1.807, 2.05) is 23.1 Å². The third-order valence-corrected chi connectivity index (χ3v) is 4.64. The van der Waals surface area contributed by atoms with E-state index in [9.17, 15) is 4.79 Å². The molecule has 1 saturated heterocycles. The van der Waals surface area contributed by atoms with Crippen LogP contribution < -0.4 is 9.64 Å². The van der Waals surface area contributed by atoms with E-state index in [4.69, 9.17) is 16.3 Å². The summed E-state index contributed by atoms with van der Waals surface area (Å²) in [5.41, 5.74) is 1.81. The summed E-state index contributed by atoms with van der Waals surface area (Å²) >= 11 is 5.90. The molecule has 3 rings (SSSR count). The van der Waals surface area contributed by atoms with Gasteiger partial charge in [-0.1, -0.05) is 17.7 Å². The number of carbonyl (C=O) groups is 1. The summed E-state index contributed by atoms with van der Waals surface area (Å²) in [6.07, 6.45) is 0. The van der Waals surface area contributed by atoms with Crippen LogP contribution in [0, 0.1) is 0 Å². The zero-order valence-electron chi connectivity index (χ0n) is 13.9. The summed E-state index contributed by atoms with van der Waals surface area (Å²) in [6, 6.07) is 15.4. The highest BCUT2D eigenvalue weighted by Crippen LogP contribution is 2.25. The average molecular weight is 345 g/mol. The molecule has 0 unspecified atom stereocenters. The fourth-order valence-corrected chi connectivity index (χ4v) is 3.22. The van der Waals surface area contributed by atoms with Crippen LogP contribution >= 0.6 is 11.6 Å². The number of anilines is 1. The lowest BCUT2D eigenvalue weighted by Crippen LogP contribution is -2.53. The first-order chi connectivity index (χ1) is 11.6. The smallest absolute Gasteiger partial charge is 0.253 e. The lowest BCUT2D eigenvalue weighted by atomic mass is 10.1. The Morgan fingerprint density at radius 2 is 1.92 bits per heavy atom. The minimum Gasteiger partial charge on any atom is -0.497 e. The molecule has 126 valence electrons. The second-order valence-electron chi connectivity index (χ2n) is 6.00. The number of hydrogen-bond donors (Lipinski definition) is 0. The van der Waals surface area contributed by atoms with Crippen LogP contribution in [0.5, 0.6) is 5.75 Å². The molecule has 24 heavy (non-hydrogen) atoms. The number of ether oxygens (including phenoxy) is 1. The molecule has 0 bridgehead atoms. The molecule has 0 saturated carbocycles. The Balaban J connectivity index is 1.70. The van der Waals surface area contributed by atoms with Gasteiger partial charge in [-0.2, -0.15) is 0 Å². The number of carbonyl (C=O) groups excluding carboxylic acids is 1. The number of rotatable bonds is 3. The summed E-state index contributed by atoms with van der Waals surface area (Å²) in [5, 5.41) is 0.641. The Bertz CT molecular complexity index is 718. The van der Waals surface area contributed by atoms with E-state index < -0.39 is 0 Å². The predicted octanol–water partition coefficient (Wildman–Crippen LogP) is 3.70. The first kappa shape index (κ1) is 16.7. The summed E-state index contributed by atoms with van der Waals surface area (Å²) < 4.78 is 5.31. The fourth-order valence-electron chi connectivity index (χ4n) is 3.09. The van der Waals surface area contributed by atoms with Crippen LogP contribution in [0.3, 0.4) is 0 Å². The molecule has 0 spiro atoms. The number of hydrogen-bond acceptors (Lipinski definition) is 3. The van der Waals surface area contributed by atoms with Crippen molar-refractivity contribution < 1.29 is 9.53 Å². The SMILES string of the molecule is COc1cccc(N2CCN(C(=O)c3ccc(Cl)cc3)C[C@@H]2C)c1. The molecule has 4 nitrogen and oxygen atoms in total. The lowest BCUT2D eigenvalue weighted by molar-refractivity contribution is 0.0726. The molecule has 0 N–H and O–H groups in total. The molecule has 1 atom stereocenters. The highest BCUT2D eigenvalue weighted by atomic mass is 35.5. The Labute approximate surface area is 147 Å². The van der Waals surface area contributed by atoms with E-state index in [1.165, 1.54) is 0 Å². The zero-order valence-corrected chi connectivity index (χ0v) is 14.7. The molecule has 1 aliphatic rings. The molecule has 5 heteroatoms. The van der Waals surface area contributed by atoms with Gasteiger partial charge in [-0.3, -0.25) is 4.79 Å². The Kier molecular flexibility index (Phi) is 4.95. The number of halogens is 1. The normalized spacial score (nSPS) is 17.7. The molecule has 1 amide bonds. The molecule has 1 fully saturated rings. The zero-order chi connectivity index (χ0) is 17.1. The van der Waals surface area contributed by atoms with Crippen molar-refractivity contribution in [1.29, 1.82) is 0 Å². The summed E-state index contributed by atoms with van der Waals surface area (Å²) in [7, 11) is 1.67. The first-order valence-corrected chi connectivity index (χ1v) is 8.42. The predicted molar refractivity (Wildman–Crippen MR) is 97.2 cm³/mol. The van der Waals surface area contributed by atoms with Crippen molar-refractivity contribution in [3.8, 4) is 5.75 Å². The Hall–Kier alpha value is -2.20. The molecule has 2 aromatic carbocycles. The first-order valence-electron chi connectivity index (χ1n) is 8.04. The van der Waals surface area contributed by atoms with Crippen LogP contribution in [0.25, 0.3) is 0 Å². The second kappa shape index (κ2) is 7.14. The van der Waals surface area contributed by atoms with Crippen LogP contribution in [0.4, 0.5) is 5.69 Å². The number of benzene rings is 2. The Morgan fingerprint density at radius 1 is 1.17 bits per heavy atom. The van der Waals surface area contributed by atoms with Gasteiger partial charge in [0.2, 0.25) is 0 Å². The second-order valence-corrected chi connectivity index (χ2v) is 6.44.